The maximum atomic E-state index is 13.1. The maximum Gasteiger partial charge on any atom is 1.00 e. The second-order valence-corrected chi connectivity index (χ2v) is 20.7. The maximum absolute atomic E-state index is 13.1. The van der Waals surface area contributed by atoms with Gasteiger partial charge in [0.05, 0.1) is 55.9 Å². The second-order valence-electron chi connectivity index (χ2n) is 16.3. The molecule has 74 heavy (non-hydrogen) atoms. The molecule has 0 heterocycles. The SMILES string of the molecule is N[C@@H](CS(=O)(=O)O)C(=O)CCCNC(=O)OCc1ccccc1.O=C(C[C@@H](CS(=O)(=O)[O-])C(=O)N[C@@H](CS(=O)(=O)[O-])C(=O)CCCNC(=O)OCc1ccccc1)OCC1c2ccccc2-c2ccccc21.[Na+].[Na+]. The smallest absolute Gasteiger partial charge is 0.748 e. The van der Waals surface area contributed by atoms with Crippen molar-refractivity contribution in [2.24, 2.45) is 11.7 Å². The van der Waals surface area contributed by atoms with Gasteiger partial charge < -0.3 is 45.0 Å². The van der Waals surface area contributed by atoms with Crippen LogP contribution in [0.15, 0.2) is 109 Å². The van der Waals surface area contributed by atoms with Crippen molar-refractivity contribution in [2.45, 2.75) is 63.3 Å². The summed E-state index contributed by atoms with van der Waals surface area (Å²) in [5.41, 5.74) is 10.7. The van der Waals surface area contributed by atoms with E-state index in [4.69, 9.17) is 24.5 Å². The number of carbonyl (C=O) groups excluding carboxylic acids is 6. The molecule has 390 valence electrons. The van der Waals surface area contributed by atoms with Crippen LogP contribution in [-0.2, 0) is 77.0 Å². The molecule has 0 saturated carbocycles. The molecule has 0 aromatic heterocycles. The average Bonchev–Trinajstić information content (AvgIpc) is 3.64. The zero-order chi connectivity index (χ0) is 52.9. The Balaban J connectivity index is 0.000000633. The predicted molar refractivity (Wildman–Crippen MR) is 256 cm³/mol. The quantitative estimate of drug-likeness (QED) is 0.0135. The van der Waals surface area contributed by atoms with E-state index in [-0.39, 0.29) is 111 Å². The van der Waals surface area contributed by atoms with E-state index in [9.17, 15) is 63.1 Å². The molecule has 4 aromatic carbocycles. The zero-order valence-electron chi connectivity index (χ0n) is 40.6. The molecule has 5 rings (SSSR count). The van der Waals surface area contributed by atoms with Crippen molar-refractivity contribution < 1.29 is 141 Å². The molecule has 3 amide bonds. The van der Waals surface area contributed by atoms with Gasteiger partial charge in [-0.05, 0) is 46.2 Å². The number of ketones is 2. The summed E-state index contributed by atoms with van der Waals surface area (Å²) in [6, 6.07) is 29.8. The third-order valence-electron chi connectivity index (χ3n) is 10.6. The topological polar surface area (TPSA) is 361 Å². The number of alkyl carbamates (subject to hydrolysis) is 2. The van der Waals surface area contributed by atoms with Crippen molar-refractivity contribution in [3.63, 3.8) is 0 Å². The number of fused-ring (bicyclic) bond motifs is 3. The Bertz CT molecular complexity index is 2800. The van der Waals surface area contributed by atoms with Crippen LogP contribution in [0.4, 0.5) is 9.59 Å². The first-order chi connectivity index (χ1) is 34.0. The molecule has 0 aliphatic heterocycles. The summed E-state index contributed by atoms with van der Waals surface area (Å²) >= 11 is 0. The van der Waals surface area contributed by atoms with Crippen molar-refractivity contribution in [1.29, 1.82) is 0 Å². The third kappa shape index (κ3) is 24.8. The van der Waals surface area contributed by atoms with E-state index in [1.165, 1.54) is 0 Å². The Hall–Kier alpha value is -4.61. The minimum atomic E-state index is -5.10. The van der Waals surface area contributed by atoms with Gasteiger partial charge in [-0.3, -0.25) is 23.7 Å². The van der Waals surface area contributed by atoms with Gasteiger partial charge in [0.25, 0.3) is 10.1 Å². The van der Waals surface area contributed by atoms with Gasteiger partial charge in [-0.2, -0.15) is 8.42 Å². The number of ether oxygens (including phenoxy) is 3. The Labute approximate surface area is 473 Å². The first kappa shape index (κ1) is 65.5. The van der Waals surface area contributed by atoms with Crippen LogP contribution >= 0.6 is 0 Å². The molecule has 27 heteroatoms. The van der Waals surface area contributed by atoms with Gasteiger partial charge in [-0.25, -0.2) is 26.4 Å². The Morgan fingerprint density at radius 1 is 0.595 bits per heavy atom. The van der Waals surface area contributed by atoms with Crippen molar-refractivity contribution in [3.8, 4) is 11.1 Å². The number of carbonyl (C=O) groups is 6. The summed E-state index contributed by atoms with van der Waals surface area (Å²) in [5.74, 6) is -9.49. The van der Waals surface area contributed by atoms with E-state index in [0.717, 1.165) is 33.4 Å². The standard InChI is InChI=1S/C33H36N2O12S2.C14H20N2O6S.2Na/c36-30(15-8-16-34-33(39)47-18-22-9-2-1-3-10-22)29(21-49(43,44)45)35-32(38)23(20-48(40,41)42)17-31(37)46-19-28-26-13-6-4-11-24(26)25-12-5-7-14-27(25)28;15-12(10-23(19,20)21)13(17)7-4-8-16-14(18)22-9-11-5-2-1-3-6-11;;/h1-7,9-14,23,28-29H,8,15-21H2,(H,34,39)(H,35,38)(H,40,41,42)(H,43,44,45);1-3,5-6,12H,4,7-10,15H2,(H,16,18)(H,19,20,21);;/q;;2*+1/p-2/t23-,29-;12-;;/m00../s1. The molecule has 0 bridgehead atoms. The molecule has 0 radical (unpaired) electrons. The fourth-order valence-corrected chi connectivity index (χ4v) is 9.27. The minimum absolute atomic E-state index is 0. The fraction of sp³-hybridized carbons (Fsp3) is 0.362. The van der Waals surface area contributed by atoms with E-state index in [2.05, 4.69) is 10.6 Å². The Kier molecular flexibility index (Phi) is 28.4. The van der Waals surface area contributed by atoms with Gasteiger partial charge in [-0.1, -0.05) is 109 Å². The van der Waals surface area contributed by atoms with Gasteiger partial charge in [0.2, 0.25) is 5.91 Å². The van der Waals surface area contributed by atoms with Crippen molar-refractivity contribution >= 4 is 66.0 Å². The number of benzene rings is 4. The van der Waals surface area contributed by atoms with E-state index in [1.54, 1.807) is 30.3 Å². The molecular weight excluding hydrogens is 1050 g/mol. The monoisotopic (exact) mass is 1100 g/mol. The van der Waals surface area contributed by atoms with E-state index in [0.29, 0.717) is 6.42 Å². The number of hydrogen-bond donors (Lipinski definition) is 5. The molecule has 0 unspecified atom stereocenters. The van der Waals surface area contributed by atoms with Gasteiger partial charge in [0, 0.05) is 31.8 Å². The van der Waals surface area contributed by atoms with Crippen molar-refractivity contribution in [2.75, 3.05) is 37.0 Å². The molecule has 1 aliphatic carbocycles. The summed E-state index contributed by atoms with van der Waals surface area (Å²) in [4.78, 5) is 73.7. The Morgan fingerprint density at radius 2 is 1.03 bits per heavy atom. The number of nitrogens with one attached hydrogen (secondary N) is 3. The Morgan fingerprint density at radius 3 is 1.47 bits per heavy atom. The average molecular weight is 1110 g/mol. The normalized spacial score (nSPS) is 13.0. The van der Waals surface area contributed by atoms with Crippen LogP contribution in [0.25, 0.3) is 11.1 Å². The van der Waals surface area contributed by atoms with Gasteiger partial charge in [-0.15, -0.1) is 0 Å². The molecule has 1 aliphatic rings. The van der Waals surface area contributed by atoms with E-state index in [1.807, 2.05) is 84.2 Å². The zero-order valence-corrected chi connectivity index (χ0v) is 47.0. The third-order valence-corrected chi connectivity index (χ3v) is 12.9. The number of Topliss-reactive ketones (excluding diaryl/α,β-unsaturated/α-hetero) is 2. The van der Waals surface area contributed by atoms with Crippen LogP contribution in [-0.4, -0.2) is 124 Å². The van der Waals surface area contributed by atoms with Gasteiger partial charge in [0.15, 0.2) is 11.6 Å². The molecule has 22 nitrogen and oxygen atoms in total. The van der Waals surface area contributed by atoms with E-state index < -0.39 is 114 Å². The molecule has 6 N–H and O–H groups in total. The summed E-state index contributed by atoms with van der Waals surface area (Å²) in [7, 11) is -14.5. The number of amides is 3. The number of hydrogen-bond acceptors (Lipinski definition) is 18. The van der Waals surface area contributed by atoms with Crippen LogP contribution < -0.4 is 80.8 Å². The predicted octanol–water partition coefficient (Wildman–Crippen LogP) is -3.32. The molecule has 0 fully saturated rings. The second kappa shape index (κ2) is 32.1. The van der Waals surface area contributed by atoms with Crippen molar-refractivity contribution in [3.05, 3.63) is 131 Å². The van der Waals surface area contributed by atoms with Crippen LogP contribution in [0.3, 0.4) is 0 Å². The molecule has 0 saturated heterocycles. The first-order valence-electron chi connectivity index (χ1n) is 22.1. The van der Waals surface area contributed by atoms with Gasteiger partial charge >= 0.3 is 77.3 Å². The molecular formula is C47H54N4Na2O18S3. The van der Waals surface area contributed by atoms with Crippen LogP contribution in [0.1, 0.15) is 60.3 Å². The van der Waals surface area contributed by atoms with Crippen LogP contribution in [0.5, 0.6) is 0 Å². The number of rotatable bonds is 26. The van der Waals surface area contributed by atoms with Crippen molar-refractivity contribution in [1.82, 2.24) is 16.0 Å². The first-order valence-corrected chi connectivity index (χ1v) is 26.9. The molecule has 0 spiro atoms. The van der Waals surface area contributed by atoms with Crippen LogP contribution in [0, 0.1) is 5.92 Å². The summed E-state index contributed by atoms with van der Waals surface area (Å²) in [6.07, 6.45) is -2.43. The minimum Gasteiger partial charge on any atom is -0.748 e. The fourth-order valence-electron chi connectivity index (χ4n) is 7.19. The largest absolute Gasteiger partial charge is 1.00 e. The number of nitrogens with two attached hydrogens (primary N) is 1. The number of esters is 1. The molecule has 4 aromatic rings. The van der Waals surface area contributed by atoms with E-state index >= 15 is 0 Å². The summed E-state index contributed by atoms with van der Waals surface area (Å²) in [6.45, 7) is 0.0951. The van der Waals surface area contributed by atoms with Crippen LogP contribution in [0.2, 0.25) is 0 Å². The summed E-state index contributed by atoms with van der Waals surface area (Å²) < 4.78 is 115. The summed E-state index contributed by atoms with van der Waals surface area (Å²) in [5, 5.41) is 6.91. The van der Waals surface area contributed by atoms with Gasteiger partial charge in [0.1, 0.15) is 25.9 Å². The molecule has 3 atom stereocenters.